The second kappa shape index (κ2) is 5.64. The maximum atomic E-state index is 6.09. The number of halogens is 3. The molecule has 3 aromatic rings. The third-order valence-electron chi connectivity index (χ3n) is 2.82. The lowest BCUT2D eigenvalue weighted by atomic mass is 10.2. The molecular formula is C14H9Cl3N4. The monoisotopic (exact) mass is 338 g/mol. The van der Waals surface area contributed by atoms with Crippen LogP contribution in [-0.4, -0.2) is 19.7 Å². The third kappa shape index (κ3) is 3.18. The molecule has 0 aliphatic heterocycles. The molecule has 7 heteroatoms. The quantitative estimate of drug-likeness (QED) is 0.645. The van der Waals surface area contributed by atoms with Gasteiger partial charge in [0.05, 0.1) is 11.9 Å². The summed E-state index contributed by atoms with van der Waals surface area (Å²) in [6, 6.07) is 6.83. The standard InChI is InChI=1S/C14H9Cl3N4/c1-21-7-9(6-18-21)12-5-13(17)20-14(19-12)8-2-10(15)4-11(16)3-8/h2-7H,1H3. The second-order valence-electron chi connectivity index (χ2n) is 4.46. The first kappa shape index (κ1) is 14.3. The van der Waals surface area contributed by atoms with Crippen molar-refractivity contribution in [3.63, 3.8) is 0 Å². The van der Waals surface area contributed by atoms with E-state index in [4.69, 9.17) is 34.8 Å². The van der Waals surface area contributed by atoms with Crippen molar-refractivity contribution < 1.29 is 0 Å². The van der Waals surface area contributed by atoms with Gasteiger partial charge in [-0.25, -0.2) is 9.97 Å². The van der Waals surface area contributed by atoms with Crippen LogP contribution in [0.25, 0.3) is 22.6 Å². The number of benzene rings is 1. The molecule has 3 rings (SSSR count). The number of nitrogens with zero attached hydrogens (tertiary/aromatic N) is 4. The van der Waals surface area contributed by atoms with Crippen LogP contribution in [0.5, 0.6) is 0 Å². The molecule has 0 atom stereocenters. The van der Waals surface area contributed by atoms with Gasteiger partial charge in [0.2, 0.25) is 0 Å². The molecule has 21 heavy (non-hydrogen) atoms. The fourth-order valence-electron chi connectivity index (χ4n) is 1.93. The Bertz CT molecular complexity index is 793. The Morgan fingerprint density at radius 3 is 2.24 bits per heavy atom. The Balaban J connectivity index is 2.13. The Morgan fingerprint density at radius 2 is 1.62 bits per heavy atom. The van der Waals surface area contributed by atoms with Gasteiger partial charge in [0.1, 0.15) is 5.15 Å². The van der Waals surface area contributed by atoms with Crippen LogP contribution in [-0.2, 0) is 7.05 Å². The molecule has 4 nitrogen and oxygen atoms in total. The number of rotatable bonds is 2. The van der Waals surface area contributed by atoms with E-state index in [1.54, 1.807) is 35.1 Å². The fourth-order valence-corrected chi connectivity index (χ4v) is 2.64. The molecule has 2 heterocycles. The summed E-state index contributed by atoms with van der Waals surface area (Å²) in [6.45, 7) is 0. The zero-order chi connectivity index (χ0) is 15.0. The summed E-state index contributed by atoms with van der Waals surface area (Å²) in [6.07, 6.45) is 3.57. The molecule has 1 aromatic carbocycles. The fraction of sp³-hybridized carbons (Fsp3) is 0.0714. The topological polar surface area (TPSA) is 43.6 Å². The maximum absolute atomic E-state index is 6.09. The first-order chi connectivity index (χ1) is 10.0. The average Bonchev–Trinajstić information content (AvgIpc) is 2.83. The van der Waals surface area contributed by atoms with E-state index >= 15 is 0 Å². The largest absolute Gasteiger partial charge is 0.275 e. The molecule has 2 aromatic heterocycles. The van der Waals surface area contributed by atoms with Crippen molar-refractivity contribution in [1.29, 1.82) is 0 Å². The predicted molar refractivity (Wildman–Crippen MR) is 84.7 cm³/mol. The van der Waals surface area contributed by atoms with Gasteiger partial charge in [0.15, 0.2) is 5.82 Å². The zero-order valence-electron chi connectivity index (χ0n) is 10.9. The molecule has 0 radical (unpaired) electrons. The Labute approximate surface area is 136 Å². The average molecular weight is 340 g/mol. The first-order valence-electron chi connectivity index (χ1n) is 6.01. The van der Waals surface area contributed by atoms with Crippen LogP contribution in [0.15, 0.2) is 36.7 Å². The van der Waals surface area contributed by atoms with Crippen LogP contribution >= 0.6 is 34.8 Å². The van der Waals surface area contributed by atoms with Crippen molar-refractivity contribution in [2.45, 2.75) is 0 Å². The van der Waals surface area contributed by atoms with E-state index in [-0.39, 0.29) is 0 Å². The molecule has 0 bridgehead atoms. The van der Waals surface area contributed by atoms with Crippen molar-refractivity contribution in [2.75, 3.05) is 0 Å². The van der Waals surface area contributed by atoms with Gasteiger partial charge in [-0.3, -0.25) is 4.68 Å². The molecule has 0 unspecified atom stereocenters. The van der Waals surface area contributed by atoms with E-state index in [1.807, 2.05) is 13.2 Å². The maximum Gasteiger partial charge on any atom is 0.161 e. The second-order valence-corrected chi connectivity index (χ2v) is 5.72. The highest BCUT2D eigenvalue weighted by atomic mass is 35.5. The molecular weight excluding hydrogens is 331 g/mol. The van der Waals surface area contributed by atoms with E-state index in [0.29, 0.717) is 32.3 Å². The lowest BCUT2D eigenvalue weighted by Crippen LogP contribution is -1.93. The SMILES string of the molecule is Cn1cc(-c2cc(Cl)nc(-c3cc(Cl)cc(Cl)c3)n2)cn1. The van der Waals surface area contributed by atoms with Crippen LogP contribution in [0.3, 0.4) is 0 Å². The normalized spacial score (nSPS) is 10.9. The van der Waals surface area contributed by atoms with E-state index < -0.39 is 0 Å². The Morgan fingerprint density at radius 1 is 0.905 bits per heavy atom. The molecule has 0 aliphatic rings. The highest BCUT2D eigenvalue weighted by Gasteiger charge is 2.10. The predicted octanol–water partition coefficient (Wildman–Crippen LogP) is 4.50. The molecule has 0 saturated heterocycles. The smallest absolute Gasteiger partial charge is 0.161 e. The van der Waals surface area contributed by atoms with Gasteiger partial charge in [0.25, 0.3) is 0 Å². The molecule has 0 spiro atoms. The van der Waals surface area contributed by atoms with E-state index in [1.165, 1.54) is 0 Å². The summed E-state index contributed by atoms with van der Waals surface area (Å²) in [5.74, 6) is 0.464. The van der Waals surface area contributed by atoms with Crippen molar-refractivity contribution >= 4 is 34.8 Å². The molecule has 0 saturated carbocycles. The van der Waals surface area contributed by atoms with Gasteiger partial charge in [0, 0.05) is 40.5 Å². The molecule has 106 valence electrons. The minimum atomic E-state index is 0.343. The van der Waals surface area contributed by atoms with Crippen molar-refractivity contribution in [3.05, 3.63) is 51.9 Å². The van der Waals surface area contributed by atoms with Crippen molar-refractivity contribution in [2.24, 2.45) is 7.05 Å². The zero-order valence-corrected chi connectivity index (χ0v) is 13.2. The van der Waals surface area contributed by atoms with Crippen molar-refractivity contribution in [1.82, 2.24) is 19.7 Å². The Hall–Kier alpha value is -1.62. The van der Waals surface area contributed by atoms with Crippen LogP contribution in [0.2, 0.25) is 15.2 Å². The van der Waals surface area contributed by atoms with Crippen LogP contribution in [0, 0.1) is 0 Å². The summed E-state index contributed by atoms with van der Waals surface area (Å²) < 4.78 is 1.70. The third-order valence-corrected chi connectivity index (χ3v) is 3.45. The van der Waals surface area contributed by atoms with Gasteiger partial charge in [-0.2, -0.15) is 5.10 Å². The molecule has 0 fully saturated rings. The van der Waals surface area contributed by atoms with Gasteiger partial charge in [-0.1, -0.05) is 34.8 Å². The molecule has 0 aliphatic carbocycles. The highest BCUT2D eigenvalue weighted by molar-refractivity contribution is 6.35. The van der Waals surface area contributed by atoms with Gasteiger partial charge < -0.3 is 0 Å². The molecule has 0 N–H and O–H groups in total. The minimum Gasteiger partial charge on any atom is -0.275 e. The summed E-state index contributed by atoms with van der Waals surface area (Å²) >= 11 is 18.1. The lowest BCUT2D eigenvalue weighted by Gasteiger charge is -2.05. The first-order valence-corrected chi connectivity index (χ1v) is 7.15. The van der Waals surface area contributed by atoms with E-state index in [2.05, 4.69) is 15.1 Å². The summed E-state index contributed by atoms with van der Waals surface area (Å²) in [5.41, 5.74) is 2.26. The van der Waals surface area contributed by atoms with Crippen LogP contribution < -0.4 is 0 Å². The van der Waals surface area contributed by atoms with E-state index in [0.717, 1.165) is 5.56 Å². The number of aromatic nitrogens is 4. The summed E-state index contributed by atoms with van der Waals surface area (Å²) in [4.78, 5) is 8.73. The van der Waals surface area contributed by atoms with E-state index in [9.17, 15) is 0 Å². The van der Waals surface area contributed by atoms with Crippen LogP contribution in [0.1, 0.15) is 0 Å². The minimum absolute atomic E-state index is 0.343. The number of hydrogen-bond donors (Lipinski definition) is 0. The van der Waals surface area contributed by atoms with Crippen molar-refractivity contribution in [3.8, 4) is 22.6 Å². The Kier molecular flexibility index (Phi) is 3.85. The van der Waals surface area contributed by atoms with Crippen LogP contribution in [0.4, 0.5) is 0 Å². The molecule has 0 amide bonds. The lowest BCUT2D eigenvalue weighted by molar-refractivity contribution is 0.768. The van der Waals surface area contributed by atoms with Gasteiger partial charge >= 0.3 is 0 Å². The number of aryl methyl sites for hydroxylation is 1. The number of hydrogen-bond acceptors (Lipinski definition) is 3. The van der Waals surface area contributed by atoms with Gasteiger partial charge in [-0.05, 0) is 18.2 Å². The summed E-state index contributed by atoms with van der Waals surface area (Å²) in [5, 5.41) is 5.50. The summed E-state index contributed by atoms with van der Waals surface area (Å²) in [7, 11) is 1.84. The van der Waals surface area contributed by atoms with Gasteiger partial charge in [-0.15, -0.1) is 0 Å². The highest BCUT2D eigenvalue weighted by Crippen LogP contribution is 2.28.